The lowest BCUT2D eigenvalue weighted by molar-refractivity contribution is -0.130. The number of amides is 2. The van der Waals surface area contributed by atoms with Crippen molar-refractivity contribution in [3.8, 4) is 0 Å². The Morgan fingerprint density at radius 3 is 2.72 bits per heavy atom. The zero-order chi connectivity index (χ0) is 21.2. The molecule has 0 fully saturated rings. The zero-order valence-corrected chi connectivity index (χ0v) is 16.8. The fourth-order valence-electron chi connectivity index (χ4n) is 3.10. The van der Waals surface area contributed by atoms with Crippen LogP contribution in [0.5, 0.6) is 0 Å². The number of nitrogens with zero attached hydrogens (tertiary/aromatic N) is 3. The van der Waals surface area contributed by atoms with E-state index in [2.05, 4.69) is 33.5 Å². The number of carbonyl (C=O) groups excluding carboxylic acids is 2. The van der Waals surface area contributed by atoms with Crippen LogP contribution >= 0.6 is 0 Å². The van der Waals surface area contributed by atoms with E-state index in [-0.39, 0.29) is 18.3 Å². The summed E-state index contributed by atoms with van der Waals surface area (Å²) < 4.78 is 0. The molecule has 0 saturated heterocycles. The molecule has 9 heteroatoms. The largest absolute Gasteiger partial charge is 0.483 e. The standard InChI is InChI=1S/C19H25N5O2.CH2O2/c1-3-24(19(26)9-6-14-5-8-18(25)23-22-14)11-10-17-20-15-7-4-13(2)12-16(15)21-17;2-1-3/h4,7,12H,3,5-6,8-11H2,1-2H3,(H,20,21)(H,23,25);1H,(H,2,3). The topological polar surface area (TPSA) is 128 Å². The Morgan fingerprint density at radius 2 is 2.07 bits per heavy atom. The smallest absolute Gasteiger partial charge is 0.290 e. The molecule has 0 unspecified atom stereocenters. The minimum Gasteiger partial charge on any atom is -0.483 e. The lowest BCUT2D eigenvalue weighted by Gasteiger charge is -2.21. The number of H-pyrrole nitrogens is 1. The number of rotatable bonds is 7. The van der Waals surface area contributed by atoms with Gasteiger partial charge in [0.1, 0.15) is 5.82 Å². The molecule has 156 valence electrons. The van der Waals surface area contributed by atoms with Gasteiger partial charge in [-0.1, -0.05) is 6.07 Å². The predicted molar refractivity (Wildman–Crippen MR) is 110 cm³/mol. The van der Waals surface area contributed by atoms with Crippen LogP contribution < -0.4 is 5.43 Å². The maximum absolute atomic E-state index is 12.5. The van der Waals surface area contributed by atoms with Crippen molar-refractivity contribution < 1.29 is 19.5 Å². The Morgan fingerprint density at radius 1 is 1.31 bits per heavy atom. The molecule has 0 spiro atoms. The minimum atomic E-state index is -0.250. The van der Waals surface area contributed by atoms with E-state index >= 15 is 0 Å². The molecule has 1 aromatic heterocycles. The summed E-state index contributed by atoms with van der Waals surface area (Å²) in [6.45, 7) is 5.09. The molecular weight excluding hydrogens is 374 g/mol. The molecule has 0 bridgehead atoms. The van der Waals surface area contributed by atoms with Crippen molar-refractivity contribution in [1.29, 1.82) is 0 Å². The summed E-state index contributed by atoms with van der Waals surface area (Å²) in [6.07, 6.45) is 2.81. The SMILES string of the molecule is CCN(CCc1nc2ccc(C)cc2[nH]1)C(=O)CCC1=NNC(=O)CC1.O=CO. The molecule has 1 aliphatic heterocycles. The number of hydrogen-bond acceptors (Lipinski definition) is 5. The van der Waals surface area contributed by atoms with Gasteiger partial charge in [-0.15, -0.1) is 0 Å². The average molecular weight is 401 g/mol. The Balaban J connectivity index is 0.000000941. The molecule has 1 aromatic carbocycles. The maximum atomic E-state index is 12.5. The van der Waals surface area contributed by atoms with Crippen LogP contribution in [0.4, 0.5) is 0 Å². The van der Waals surface area contributed by atoms with Gasteiger partial charge in [-0.25, -0.2) is 10.4 Å². The first-order chi connectivity index (χ1) is 14.0. The third kappa shape index (κ3) is 6.70. The first-order valence-corrected chi connectivity index (χ1v) is 9.62. The second kappa shape index (κ2) is 10.9. The van der Waals surface area contributed by atoms with Gasteiger partial charge in [-0.3, -0.25) is 14.4 Å². The van der Waals surface area contributed by atoms with E-state index in [9.17, 15) is 9.59 Å². The number of aromatic nitrogens is 2. The van der Waals surface area contributed by atoms with Crippen LogP contribution in [-0.4, -0.2) is 57.1 Å². The summed E-state index contributed by atoms with van der Waals surface area (Å²) in [5.74, 6) is 0.951. The number of carbonyl (C=O) groups is 3. The normalized spacial score (nSPS) is 13.2. The van der Waals surface area contributed by atoms with Crippen LogP contribution in [-0.2, 0) is 20.8 Å². The molecule has 0 radical (unpaired) electrons. The Bertz CT molecular complexity index is 890. The number of carboxylic acid groups (broad SMARTS) is 1. The Labute approximate surface area is 169 Å². The fourth-order valence-corrected chi connectivity index (χ4v) is 3.10. The van der Waals surface area contributed by atoms with Crippen molar-refractivity contribution in [2.45, 2.75) is 46.0 Å². The summed E-state index contributed by atoms with van der Waals surface area (Å²) >= 11 is 0. The fraction of sp³-hybridized carbons (Fsp3) is 0.450. The number of aromatic amines is 1. The summed E-state index contributed by atoms with van der Waals surface area (Å²) in [4.78, 5) is 41.7. The predicted octanol–water partition coefficient (Wildman–Crippen LogP) is 2.01. The highest BCUT2D eigenvalue weighted by Gasteiger charge is 2.16. The molecule has 2 aromatic rings. The average Bonchev–Trinajstić information content (AvgIpc) is 3.10. The highest BCUT2D eigenvalue weighted by molar-refractivity contribution is 5.94. The molecule has 2 amide bonds. The summed E-state index contributed by atoms with van der Waals surface area (Å²) in [5, 5.41) is 10.9. The van der Waals surface area contributed by atoms with Gasteiger partial charge in [0.25, 0.3) is 6.47 Å². The van der Waals surface area contributed by atoms with Crippen molar-refractivity contribution in [2.24, 2.45) is 5.10 Å². The van der Waals surface area contributed by atoms with Crippen molar-refractivity contribution in [3.63, 3.8) is 0 Å². The third-order valence-corrected chi connectivity index (χ3v) is 4.65. The van der Waals surface area contributed by atoms with E-state index in [1.54, 1.807) is 0 Å². The van der Waals surface area contributed by atoms with Crippen molar-refractivity contribution in [2.75, 3.05) is 13.1 Å². The van der Waals surface area contributed by atoms with Gasteiger partial charge < -0.3 is 15.0 Å². The van der Waals surface area contributed by atoms with Gasteiger partial charge in [0.05, 0.1) is 11.0 Å². The second-order valence-electron chi connectivity index (χ2n) is 6.75. The van der Waals surface area contributed by atoms with Gasteiger partial charge in [0, 0.05) is 38.1 Å². The molecule has 1 aliphatic rings. The minimum absolute atomic E-state index is 0.0590. The lowest BCUT2D eigenvalue weighted by Crippen LogP contribution is -2.33. The number of imidazole rings is 1. The number of likely N-dealkylation sites (N-methyl/N-ethyl adjacent to an activating group) is 1. The van der Waals surface area contributed by atoms with Crippen molar-refractivity contribution in [3.05, 3.63) is 29.6 Å². The molecule has 9 nitrogen and oxygen atoms in total. The first-order valence-electron chi connectivity index (χ1n) is 9.62. The van der Waals surface area contributed by atoms with Gasteiger partial charge in [0.15, 0.2) is 0 Å². The Hall–Kier alpha value is -3.23. The molecule has 0 aliphatic carbocycles. The molecule has 2 heterocycles. The van der Waals surface area contributed by atoms with Crippen LogP contribution in [0, 0.1) is 6.92 Å². The van der Waals surface area contributed by atoms with E-state index < -0.39 is 0 Å². The summed E-state index contributed by atoms with van der Waals surface area (Å²) in [6, 6.07) is 6.14. The first kappa shape index (κ1) is 22.1. The Kier molecular flexibility index (Phi) is 8.32. The molecule has 0 atom stereocenters. The lowest BCUT2D eigenvalue weighted by atomic mass is 10.1. The van der Waals surface area contributed by atoms with Crippen LogP contribution in [0.2, 0.25) is 0 Å². The molecule has 3 rings (SSSR count). The van der Waals surface area contributed by atoms with Crippen LogP contribution in [0.15, 0.2) is 23.3 Å². The van der Waals surface area contributed by atoms with Crippen LogP contribution in [0.25, 0.3) is 11.0 Å². The van der Waals surface area contributed by atoms with E-state index in [4.69, 9.17) is 9.90 Å². The summed E-state index contributed by atoms with van der Waals surface area (Å²) in [7, 11) is 0. The van der Waals surface area contributed by atoms with E-state index in [1.165, 1.54) is 5.56 Å². The van der Waals surface area contributed by atoms with Crippen molar-refractivity contribution >= 4 is 35.0 Å². The highest BCUT2D eigenvalue weighted by atomic mass is 16.3. The third-order valence-electron chi connectivity index (χ3n) is 4.65. The van der Waals surface area contributed by atoms with Gasteiger partial charge in [-0.05, 0) is 44.4 Å². The van der Waals surface area contributed by atoms with E-state index in [1.807, 2.05) is 24.0 Å². The molecule has 0 saturated carbocycles. The van der Waals surface area contributed by atoms with E-state index in [0.29, 0.717) is 45.2 Å². The number of fused-ring (bicyclic) bond motifs is 1. The summed E-state index contributed by atoms with van der Waals surface area (Å²) in [5.41, 5.74) is 6.55. The van der Waals surface area contributed by atoms with Crippen molar-refractivity contribution in [1.82, 2.24) is 20.3 Å². The number of hydrogen-bond donors (Lipinski definition) is 3. The zero-order valence-electron chi connectivity index (χ0n) is 16.8. The molecule has 29 heavy (non-hydrogen) atoms. The number of aryl methyl sites for hydroxylation is 1. The molecule has 3 N–H and O–H groups in total. The van der Waals surface area contributed by atoms with E-state index in [0.717, 1.165) is 22.6 Å². The van der Waals surface area contributed by atoms with Gasteiger partial charge in [-0.2, -0.15) is 5.10 Å². The number of hydrazone groups is 1. The number of nitrogens with one attached hydrogen (secondary N) is 2. The van der Waals surface area contributed by atoms with Crippen LogP contribution in [0.3, 0.4) is 0 Å². The maximum Gasteiger partial charge on any atom is 0.290 e. The molecular formula is C20H27N5O4. The van der Waals surface area contributed by atoms with Gasteiger partial charge >= 0.3 is 0 Å². The van der Waals surface area contributed by atoms with Gasteiger partial charge in [0.2, 0.25) is 11.8 Å². The second-order valence-corrected chi connectivity index (χ2v) is 6.75. The monoisotopic (exact) mass is 401 g/mol. The quantitative estimate of drug-likeness (QED) is 0.612. The van der Waals surface area contributed by atoms with Crippen LogP contribution in [0.1, 0.15) is 44.0 Å². The highest BCUT2D eigenvalue weighted by Crippen LogP contribution is 2.14. The number of benzene rings is 1.